The van der Waals surface area contributed by atoms with E-state index < -0.39 is 5.97 Å². The minimum absolute atomic E-state index is 0.0915. The predicted octanol–water partition coefficient (Wildman–Crippen LogP) is 5.53. The molecule has 2 aromatic carbocycles. The molecule has 3 N–H and O–H groups in total. The SMILES string of the molecule is O=C(O)CC1CSC(c2cc(NC3CCCC3)c3[nH]c(-c4ccccc4)cc3c2)=N1. The zero-order chi connectivity index (χ0) is 20.5. The van der Waals surface area contributed by atoms with E-state index in [4.69, 9.17) is 10.1 Å². The van der Waals surface area contributed by atoms with Crippen molar-refractivity contribution in [2.75, 3.05) is 11.1 Å². The van der Waals surface area contributed by atoms with Gasteiger partial charge in [0.1, 0.15) is 0 Å². The summed E-state index contributed by atoms with van der Waals surface area (Å²) in [6, 6.07) is 17.3. The molecule has 154 valence electrons. The molecule has 1 unspecified atom stereocenters. The number of carboxylic acid groups (broad SMARTS) is 1. The van der Waals surface area contributed by atoms with Crippen LogP contribution in [0.25, 0.3) is 22.2 Å². The number of nitrogens with one attached hydrogen (secondary N) is 2. The molecule has 2 heterocycles. The number of aromatic amines is 1. The average molecular weight is 420 g/mol. The summed E-state index contributed by atoms with van der Waals surface area (Å²) in [5.41, 5.74) is 5.56. The molecule has 1 aromatic heterocycles. The number of rotatable bonds is 6. The maximum absolute atomic E-state index is 11.1. The molecule has 30 heavy (non-hydrogen) atoms. The zero-order valence-corrected chi connectivity index (χ0v) is 17.5. The third-order valence-electron chi connectivity index (χ3n) is 5.90. The lowest BCUT2D eigenvalue weighted by atomic mass is 10.1. The van der Waals surface area contributed by atoms with Crippen LogP contribution in [0.3, 0.4) is 0 Å². The van der Waals surface area contributed by atoms with Gasteiger partial charge in [-0.25, -0.2) is 0 Å². The van der Waals surface area contributed by atoms with Crippen LogP contribution >= 0.6 is 11.8 Å². The summed E-state index contributed by atoms with van der Waals surface area (Å²) in [4.78, 5) is 19.4. The van der Waals surface area contributed by atoms with E-state index in [1.165, 1.54) is 25.7 Å². The number of carboxylic acids is 1. The number of aromatic nitrogens is 1. The first-order valence-electron chi connectivity index (χ1n) is 10.6. The Morgan fingerprint density at radius 2 is 1.93 bits per heavy atom. The van der Waals surface area contributed by atoms with Crippen LogP contribution in [-0.2, 0) is 4.79 Å². The first kappa shape index (κ1) is 19.2. The predicted molar refractivity (Wildman–Crippen MR) is 125 cm³/mol. The summed E-state index contributed by atoms with van der Waals surface area (Å²) in [6.45, 7) is 0. The summed E-state index contributed by atoms with van der Waals surface area (Å²) >= 11 is 1.66. The topological polar surface area (TPSA) is 77.5 Å². The standard InChI is InChI=1S/C24H25N3O2S/c28-22(29)13-19-14-30-24(26-19)17-10-16-11-20(15-6-2-1-3-7-15)27-23(16)21(12-17)25-18-8-4-5-9-18/h1-3,6-7,10-12,18-19,25,27H,4-5,8-9,13-14H2,(H,28,29). The third kappa shape index (κ3) is 3.97. The molecule has 1 aliphatic heterocycles. The van der Waals surface area contributed by atoms with Gasteiger partial charge in [0.05, 0.1) is 28.7 Å². The summed E-state index contributed by atoms with van der Waals surface area (Å²) in [6.07, 6.45) is 5.05. The van der Waals surface area contributed by atoms with Crippen molar-refractivity contribution in [3.05, 3.63) is 54.1 Å². The highest BCUT2D eigenvalue weighted by molar-refractivity contribution is 8.14. The number of benzene rings is 2. The van der Waals surface area contributed by atoms with E-state index >= 15 is 0 Å². The molecule has 6 heteroatoms. The lowest BCUT2D eigenvalue weighted by molar-refractivity contribution is -0.137. The highest BCUT2D eigenvalue weighted by Crippen LogP contribution is 2.35. The Labute approximate surface area is 180 Å². The number of nitrogens with zero attached hydrogens (tertiary/aromatic N) is 1. The first-order chi connectivity index (χ1) is 14.7. The van der Waals surface area contributed by atoms with Gasteiger partial charge >= 0.3 is 5.97 Å². The molecule has 3 aromatic rings. The fraction of sp³-hybridized carbons (Fsp3) is 0.333. The number of thioether (sulfide) groups is 1. The van der Waals surface area contributed by atoms with Crippen molar-refractivity contribution >= 4 is 39.4 Å². The second-order valence-electron chi connectivity index (χ2n) is 8.16. The van der Waals surface area contributed by atoms with E-state index in [0.717, 1.165) is 44.2 Å². The van der Waals surface area contributed by atoms with Gasteiger partial charge in [-0.3, -0.25) is 9.79 Å². The van der Waals surface area contributed by atoms with Crippen molar-refractivity contribution in [1.29, 1.82) is 0 Å². The smallest absolute Gasteiger partial charge is 0.305 e. The van der Waals surface area contributed by atoms with Gasteiger partial charge in [0.2, 0.25) is 0 Å². The van der Waals surface area contributed by atoms with E-state index in [2.05, 4.69) is 52.8 Å². The molecule has 0 radical (unpaired) electrons. The first-order valence-corrected chi connectivity index (χ1v) is 11.6. The Bertz CT molecular complexity index is 1100. The molecule has 0 spiro atoms. The monoisotopic (exact) mass is 419 g/mol. The molecule has 5 nitrogen and oxygen atoms in total. The van der Waals surface area contributed by atoms with E-state index in [-0.39, 0.29) is 12.5 Å². The van der Waals surface area contributed by atoms with Gasteiger partial charge in [-0.1, -0.05) is 43.2 Å². The normalized spacial score (nSPS) is 19.3. The Balaban J connectivity index is 1.55. The number of H-pyrrole nitrogens is 1. The fourth-order valence-electron chi connectivity index (χ4n) is 4.42. The van der Waals surface area contributed by atoms with Crippen LogP contribution in [0.1, 0.15) is 37.7 Å². The Hall–Kier alpha value is -2.73. The second kappa shape index (κ2) is 8.19. The molecule has 1 aliphatic carbocycles. The lowest BCUT2D eigenvalue weighted by Crippen LogP contribution is -2.15. The van der Waals surface area contributed by atoms with Crippen LogP contribution in [0.15, 0.2) is 53.5 Å². The van der Waals surface area contributed by atoms with Crippen molar-refractivity contribution < 1.29 is 9.90 Å². The van der Waals surface area contributed by atoms with Crippen LogP contribution < -0.4 is 5.32 Å². The highest BCUT2D eigenvalue weighted by atomic mass is 32.2. The minimum atomic E-state index is -0.789. The number of hydrogen-bond donors (Lipinski definition) is 3. The van der Waals surface area contributed by atoms with E-state index in [1.807, 2.05) is 6.07 Å². The van der Waals surface area contributed by atoms with Crippen molar-refractivity contribution in [2.45, 2.75) is 44.2 Å². The van der Waals surface area contributed by atoms with E-state index in [9.17, 15) is 4.79 Å². The largest absolute Gasteiger partial charge is 0.481 e. The molecule has 0 saturated heterocycles. The van der Waals surface area contributed by atoms with Gasteiger partial charge in [0.25, 0.3) is 0 Å². The van der Waals surface area contributed by atoms with Gasteiger partial charge < -0.3 is 15.4 Å². The number of aliphatic carboxylic acids is 1. The van der Waals surface area contributed by atoms with Crippen molar-refractivity contribution in [1.82, 2.24) is 4.98 Å². The molecule has 0 amide bonds. The Kier molecular flexibility index (Phi) is 5.25. The molecule has 2 aliphatic rings. The van der Waals surface area contributed by atoms with Crippen molar-refractivity contribution in [3.63, 3.8) is 0 Å². The van der Waals surface area contributed by atoms with Gasteiger partial charge in [0.15, 0.2) is 0 Å². The van der Waals surface area contributed by atoms with Crippen LogP contribution in [-0.4, -0.2) is 38.9 Å². The van der Waals surface area contributed by atoms with E-state index in [0.29, 0.717) is 6.04 Å². The van der Waals surface area contributed by atoms with Gasteiger partial charge in [-0.15, -0.1) is 11.8 Å². The summed E-state index contributed by atoms with van der Waals surface area (Å²) in [5.74, 6) is -0.0595. The molecule has 1 atom stereocenters. The highest BCUT2D eigenvalue weighted by Gasteiger charge is 2.24. The zero-order valence-electron chi connectivity index (χ0n) is 16.7. The molecule has 5 rings (SSSR count). The molecular formula is C24H25N3O2S. The van der Waals surface area contributed by atoms with Crippen LogP contribution in [0.4, 0.5) is 5.69 Å². The van der Waals surface area contributed by atoms with Gasteiger partial charge in [-0.05, 0) is 36.6 Å². The van der Waals surface area contributed by atoms with Gasteiger partial charge in [0, 0.05) is 28.4 Å². The van der Waals surface area contributed by atoms with Crippen LogP contribution in [0.2, 0.25) is 0 Å². The summed E-state index contributed by atoms with van der Waals surface area (Å²) in [5, 5.41) is 15.0. The number of carbonyl (C=O) groups is 1. The van der Waals surface area contributed by atoms with Gasteiger partial charge in [-0.2, -0.15) is 0 Å². The maximum atomic E-state index is 11.1. The van der Waals surface area contributed by atoms with Crippen molar-refractivity contribution in [3.8, 4) is 11.3 Å². The fourth-order valence-corrected chi connectivity index (χ4v) is 5.47. The Morgan fingerprint density at radius 3 is 2.70 bits per heavy atom. The number of anilines is 1. The lowest BCUT2D eigenvalue weighted by Gasteiger charge is -2.16. The summed E-state index contributed by atoms with van der Waals surface area (Å²) < 4.78 is 0. The second-order valence-corrected chi connectivity index (χ2v) is 9.17. The number of hydrogen-bond acceptors (Lipinski definition) is 4. The van der Waals surface area contributed by atoms with Crippen LogP contribution in [0.5, 0.6) is 0 Å². The van der Waals surface area contributed by atoms with Crippen LogP contribution in [0, 0.1) is 0 Å². The quantitative estimate of drug-likeness (QED) is 0.491. The number of aliphatic imine (C=N–C) groups is 1. The molecule has 0 bridgehead atoms. The minimum Gasteiger partial charge on any atom is -0.481 e. The molecule has 1 fully saturated rings. The third-order valence-corrected chi connectivity index (χ3v) is 7.06. The Morgan fingerprint density at radius 1 is 1.13 bits per heavy atom. The maximum Gasteiger partial charge on any atom is 0.305 e. The molecule has 1 saturated carbocycles. The summed E-state index contributed by atoms with van der Waals surface area (Å²) in [7, 11) is 0. The number of fused-ring (bicyclic) bond motifs is 1. The molecular weight excluding hydrogens is 394 g/mol. The average Bonchev–Trinajstić information content (AvgIpc) is 3.49. The van der Waals surface area contributed by atoms with E-state index in [1.54, 1.807) is 11.8 Å². The van der Waals surface area contributed by atoms with Crippen molar-refractivity contribution in [2.24, 2.45) is 4.99 Å².